The molecule has 0 radical (unpaired) electrons. The molecule has 1 saturated heterocycles. The highest BCUT2D eigenvalue weighted by Crippen LogP contribution is 2.29. The standard InChI is InChI=1S/C22H23ClN4O2/c1-15-5-4-6-16(13-15)20-21(29)26-22(25-20)9-11-27(12-10-22)14-19(28)24-18-8-3-2-7-17(18)23/h2-8,13H,9-12,14H2,1H3,(H,24,28)(H,26,29). The van der Waals surface area contributed by atoms with Gasteiger partial charge in [-0.05, 0) is 25.1 Å². The summed E-state index contributed by atoms with van der Waals surface area (Å²) in [7, 11) is 0. The van der Waals surface area contributed by atoms with E-state index in [1.165, 1.54) is 0 Å². The number of rotatable bonds is 4. The number of piperidine rings is 1. The topological polar surface area (TPSA) is 73.8 Å². The quantitative estimate of drug-likeness (QED) is 0.813. The van der Waals surface area contributed by atoms with Gasteiger partial charge in [0, 0.05) is 31.5 Å². The van der Waals surface area contributed by atoms with Gasteiger partial charge in [-0.1, -0.05) is 47.5 Å². The molecule has 2 N–H and O–H groups in total. The molecular formula is C22H23ClN4O2. The summed E-state index contributed by atoms with van der Waals surface area (Å²) in [5, 5.41) is 6.44. The fourth-order valence-corrected chi connectivity index (χ4v) is 4.01. The van der Waals surface area contributed by atoms with Gasteiger partial charge in [0.05, 0.1) is 17.3 Å². The summed E-state index contributed by atoms with van der Waals surface area (Å²) in [4.78, 5) is 31.7. The molecule has 7 heteroatoms. The van der Waals surface area contributed by atoms with E-state index >= 15 is 0 Å². The van der Waals surface area contributed by atoms with Crippen LogP contribution in [0.15, 0.2) is 53.5 Å². The highest BCUT2D eigenvalue weighted by Gasteiger charge is 2.42. The largest absolute Gasteiger partial charge is 0.326 e. The smallest absolute Gasteiger partial charge is 0.272 e. The highest BCUT2D eigenvalue weighted by atomic mass is 35.5. The van der Waals surface area contributed by atoms with Crippen LogP contribution < -0.4 is 10.6 Å². The van der Waals surface area contributed by atoms with Crippen LogP contribution in [-0.2, 0) is 9.59 Å². The maximum absolute atomic E-state index is 12.5. The van der Waals surface area contributed by atoms with Gasteiger partial charge >= 0.3 is 0 Å². The predicted octanol–water partition coefficient (Wildman–Crippen LogP) is 3.00. The molecule has 2 aliphatic rings. The third-order valence-electron chi connectivity index (χ3n) is 5.38. The molecule has 1 fully saturated rings. The lowest BCUT2D eigenvalue weighted by atomic mass is 9.98. The molecule has 0 bridgehead atoms. The molecule has 0 aromatic heterocycles. The second-order valence-electron chi connectivity index (χ2n) is 7.62. The minimum atomic E-state index is -0.564. The third kappa shape index (κ3) is 4.33. The number of benzene rings is 2. The van der Waals surface area contributed by atoms with Crippen molar-refractivity contribution in [1.29, 1.82) is 0 Å². The number of nitrogens with one attached hydrogen (secondary N) is 2. The first-order valence-electron chi connectivity index (χ1n) is 9.70. The first-order chi connectivity index (χ1) is 13.9. The van der Waals surface area contributed by atoms with Crippen molar-refractivity contribution < 1.29 is 9.59 Å². The van der Waals surface area contributed by atoms with Crippen molar-refractivity contribution in [1.82, 2.24) is 10.2 Å². The number of para-hydroxylation sites is 1. The zero-order valence-electron chi connectivity index (χ0n) is 16.2. The fourth-order valence-electron chi connectivity index (χ4n) is 3.82. The van der Waals surface area contributed by atoms with E-state index in [9.17, 15) is 9.59 Å². The Bertz CT molecular complexity index is 980. The average molecular weight is 411 g/mol. The van der Waals surface area contributed by atoms with E-state index in [0.29, 0.717) is 42.4 Å². The van der Waals surface area contributed by atoms with Crippen LogP contribution in [0, 0.1) is 6.92 Å². The van der Waals surface area contributed by atoms with Crippen LogP contribution in [-0.4, -0.2) is 47.7 Å². The van der Waals surface area contributed by atoms with Gasteiger partial charge in [-0.3, -0.25) is 19.5 Å². The number of anilines is 1. The van der Waals surface area contributed by atoms with Crippen LogP contribution >= 0.6 is 11.6 Å². The van der Waals surface area contributed by atoms with Gasteiger partial charge in [-0.2, -0.15) is 0 Å². The Hall–Kier alpha value is -2.70. The van der Waals surface area contributed by atoms with Crippen LogP contribution in [0.3, 0.4) is 0 Å². The van der Waals surface area contributed by atoms with Gasteiger partial charge in [0.2, 0.25) is 5.91 Å². The number of carbonyl (C=O) groups excluding carboxylic acids is 2. The van der Waals surface area contributed by atoms with Crippen LogP contribution in [0.25, 0.3) is 0 Å². The monoisotopic (exact) mass is 410 g/mol. The van der Waals surface area contributed by atoms with Crippen molar-refractivity contribution in [2.75, 3.05) is 25.0 Å². The number of hydrogen-bond donors (Lipinski definition) is 2. The molecule has 150 valence electrons. The molecule has 2 heterocycles. The predicted molar refractivity (Wildman–Crippen MR) is 114 cm³/mol. The molecular weight excluding hydrogens is 388 g/mol. The van der Waals surface area contributed by atoms with Gasteiger partial charge in [0.25, 0.3) is 5.91 Å². The van der Waals surface area contributed by atoms with Crippen molar-refractivity contribution >= 4 is 34.8 Å². The second-order valence-corrected chi connectivity index (χ2v) is 8.03. The molecule has 0 atom stereocenters. The molecule has 0 unspecified atom stereocenters. The minimum absolute atomic E-state index is 0.103. The van der Waals surface area contributed by atoms with Crippen LogP contribution in [0.2, 0.25) is 5.02 Å². The van der Waals surface area contributed by atoms with E-state index in [-0.39, 0.29) is 18.4 Å². The van der Waals surface area contributed by atoms with E-state index in [1.807, 2.05) is 43.3 Å². The van der Waals surface area contributed by atoms with Crippen molar-refractivity contribution in [2.45, 2.75) is 25.4 Å². The molecule has 29 heavy (non-hydrogen) atoms. The molecule has 0 saturated carbocycles. The fraction of sp³-hybridized carbons (Fsp3) is 0.318. The summed E-state index contributed by atoms with van der Waals surface area (Å²) >= 11 is 6.10. The number of amides is 2. The molecule has 2 aliphatic heterocycles. The second kappa shape index (κ2) is 7.97. The van der Waals surface area contributed by atoms with Crippen molar-refractivity contribution in [2.24, 2.45) is 4.99 Å². The number of hydrogen-bond acceptors (Lipinski definition) is 4. The Balaban J connectivity index is 1.37. The average Bonchev–Trinajstić information content (AvgIpc) is 3.02. The van der Waals surface area contributed by atoms with Crippen LogP contribution in [0.5, 0.6) is 0 Å². The summed E-state index contributed by atoms with van der Waals surface area (Å²) in [6.07, 6.45) is 1.35. The van der Waals surface area contributed by atoms with E-state index in [0.717, 1.165) is 11.1 Å². The molecule has 1 spiro atoms. The maximum Gasteiger partial charge on any atom is 0.272 e. The van der Waals surface area contributed by atoms with E-state index in [2.05, 4.69) is 15.5 Å². The summed E-state index contributed by atoms with van der Waals surface area (Å²) in [6.45, 7) is 3.64. The van der Waals surface area contributed by atoms with Crippen molar-refractivity contribution in [3.63, 3.8) is 0 Å². The number of aliphatic imine (C=N–C) groups is 1. The van der Waals surface area contributed by atoms with E-state index in [4.69, 9.17) is 16.6 Å². The summed E-state index contributed by atoms with van der Waals surface area (Å²) in [5.74, 6) is -0.228. The normalized spacial score (nSPS) is 18.4. The number of halogens is 1. The van der Waals surface area contributed by atoms with Crippen LogP contribution in [0.4, 0.5) is 5.69 Å². The number of carbonyl (C=O) groups is 2. The zero-order valence-corrected chi connectivity index (χ0v) is 17.0. The highest BCUT2D eigenvalue weighted by molar-refractivity contribution is 6.46. The Morgan fingerprint density at radius 3 is 2.69 bits per heavy atom. The van der Waals surface area contributed by atoms with Crippen LogP contribution in [0.1, 0.15) is 24.0 Å². The first-order valence-corrected chi connectivity index (χ1v) is 10.1. The van der Waals surface area contributed by atoms with E-state index in [1.54, 1.807) is 12.1 Å². The molecule has 2 amide bonds. The van der Waals surface area contributed by atoms with Crippen molar-refractivity contribution in [3.05, 3.63) is 64.7 Å². The number of aryl methyl sites for hydroxylation is 1. The minimum Gasteiger partial charge on any atom is -0.326 e. The van der Waals surface area contributed by atoms with Gasteiger partial charge in [0.15, 0.2) is 0 Å². The summed E-state index contributed by atoms with van der Waals surface area (Å²) in [5.41, 5.74) is 2.49. The molecule has 2 aromatic rings. The number of nitrogens with zero attached hydrogens (tertiary/aromatic N) is 2. The lowest BCUT2D eigenvalue weighted by Gasteiger charge is -2.36. The van der Waals surface area contributed by atoms with Gasteiger partial charge < -0.3 is 10.6 Å². The maximum atomic E-state index is 12.5. The first kappa shape index (κ1) is 19.6. The Morgan fingerprint density at radius 2 is 1.97 bits per heavy atom. The van der Waals surface area contributed by atoms with Gasteiger partial charge in [-0.25, -0.2) is 0 Å². The van der Waals surface area contributed by atoms with E-state index < -0.39 is 5.66 Å². The van der Waals surface area contributed by atoms with Gasteiger partial charge in [0.1, 0.15) is 11.4 Å². The zero-order chi connectivity index (χ0) is 20.4. The third-order valence-corrected chi connectivity index (χ3v) is 5.71. The molecule has 4 rings (SSSR count). The molecule has 6 nitrogen and oxygen atoms in total. The lowest BCUT2D eigenvalue weighted by molar-refractivity contribution is -0.119. The Kier molecular flexibility index (Phi) is 5.39. The number of likely N-dealkylation sites (tertiary alicyclic amines) is 1. The Labute approximate surface area is 175 Å². The SMILES string of the molecule is Cc1cccc(C2=NC3(CCN(CC(=O)Nc4ccccc4Cl)CC3)NC2=O)c1. The molecule has 2 aromatic carbocycles. The summed E-state index contributed by atoms with van der Waals surface area (Å²) in [6, 6.07) is 15.0. The summed E-state index contributed by atoms with van der Waals surface area (Å²) < 4.78 is 0. The molecule has 0 aliphatic carbocycles. The lowest BCUT2D eigenvalue weighted by Crippen LogP contribution is -2.52. The van der Waals surface area contributed by atoms with Crippen molar-refractivity contribution in [3.8, 4) is 0 Å². The Morgan fingerprint density at radius 1 is 1.21 bits per heavy atom. The van der Waals surface area contributed by atoms with Gasteiger partial charge in [-0.15, -0.1) is 0 Å².